The van der Waals surface area contributed by atoms with E-state index in [9.17, 15) is 19.4 Å². The second-order valence-corrected chi connectivity index (χ2v) is 6.92. The number of carbonyl (C=O) groups excluding carboxylic acids is 1. The van der Waals surface area contributed by atoms with E-state index in [1.54, 1.807) is 12.3 Å². The zero-order chi connectivity index (χ0) is 18.1. The summed E-state index contributed by atoms with van der Waals surface area (Å²) < 4.78 is 14.3. The van der Waals surface area contributed by atoms with Crippen molar-refractivity contribution in [2.75, 3.05) is 11.9 Å². The molecule has 5 nitrogen and oxygen atoms in total. The number of hydrogen-bond acceptors (Lipinski definition) is 5. The van der Waals surface area contributed by atoms with Gasteiger partial charge in [-0.2, -0.15) is 0 Å². The molecule has 0 saturated heterocycles. The first-order valence-corrected chi connectivity index (χ1v) is 8.47. The molecule has 1 aromatic heterocycles. The lowest BCUT2D eigenvalue weighted by Gasteiger charge is -2.19. The van der Waals surface area contributed by atoms with Crippen LogP contribution in [0.4, 0.5) is 10.1 Å². The summed E-state index contributed by atoms with van der Waals surface area (Å²) in [6, 6.07) is 0.988. The minimum absolute atomic E-state index is 0.125. The van der Waals surface area contributed by atoms with Crippen LogP contribution in [0, 0.1) is 5.92 Å². The van der Waals surface area contributed by atoms with Crippen molar-refractivity contribution in [3.8, 4) is 0 Å². The largest absolute Gasteiger partial charge is 0.396 e. The fourth-order valence-electron chi connectivity index (χ4n) is 3.50. The molecule has 0 bridgehead atoms. The highest BCUT2D eigenvalue weighted by atomic mass is 19.1. The molecule has 6 heteroatoms. The number of rotatable bonds is 5. The number of aliphatic hydroxyl groups excluding tert-OH is 2. The maximum atomic E-state index is 14.3. The lowest BCUT2D eigenvalue weighted by Crippen LogP contribution is -2.32. The second kappa shape index (κ2) is 7.06. The van der Waals surface area contributed by atoms with Crippen LogP contribution in [0.1, 0.15) is 37.0 Å². The number of ketones is 1. The van der Waals surface area contributed by atoms with Crippen LogP contribution in [-0.4, -0.2) is 45.9 Å². The minimum Gasteiger partial charge on any atom is -0.396 e. The summed E-state index contributed by atoms with van der Waals surface area (Å²) in [5.41, 5.74) is 3.85. The molecular formula is C19H23FN2O3. The van der Waals surface area contributed by atoms with Gasteiger partial charge >= 0.3 is 0 Å². The van der Waals surface area contributed by atoms with E-state index in [4.69, 9.17) is 0 Å². The number of pyridine rings is 1. The summed E-state index contributed by atoms with van der Waals surface area (Å²) in [6.07, 6.45) is 3.13. The number of aromatic nitrogens is 1. The first-order chi connectivity index (χ1) is 11.9. The number of nitrogens with one attached hydrogen (secondary N) is 1. The third-order valence-corrected chi connectivity index (χ3v) is 5.20. The van der Waals surface area contributed by atoms with Gasteiger partial charge in [-0.1, -0.05) is 17.2 Å². The lowest BCUT2D eigenvalue weighted by molar-refractivity contribution is 0.0444. The molecule has 0 unspecified atom stereocenters. The first kappa shape index (κ1) is 17.8. The maximum absolute atomic E-state index is 14.3. The van der Waals surface area contributed by atoms with E-state index in [1.165, 1.54) is 6.20 Å². The van der Waals surface area contributed by atoms with E-state index in [0.717, 1.165) is 11.1 Å². The molecule has 2 aliphatic rings. The summed E-state index contributed by atoms with van der Waals surface area (Å²) in [5.74, 6) is -0.625. The van der Waals surface area contributed by atoms with Crippen LogP contribution in [0.2, 0.25) is 0 Å². The molecule has 0 aromatic carbocycles. The average Bonchev–Trinajstić information content (AvgIpc) is 3.08. The number of carbonyl (C=O) groups is 1. The quantitative estimate of drug-likeness (QED) is 0.713. The zero-order valence-electron chi connectivity index (χ0n) is 14.4. The van der Waals surface area contributed by atoms with Crippen LogP contribution in [-0.2, 0) is 0 Å². The van der Waals surface area contributed by atoms with Crippen molar-refractivity contribution in [1.29, 1.82) is 0 Å². The Labute approximate surface area is 146 Å². The molecule has 2 aliphatic carbocycles. The van der Waals surface area contributed by atoms with Gasteiger partial charge in [0.2, 0.25) is 0 Å². The summed E-state index contributed by atoms with van der Waals surface area (Å²) in [4.78, 5) is 16.9. The SMILES string of the molecule is CC1=C(C)CC(C(=O)c2cnccc2N[C@@H]2C[C@H](CO)[C@@H](O)[C@@H]2F)=C1. The van der Waals surface area contributed by atoms with Crippen LogP contribution in [0.5, 0.6) is 0 Å². The first-order valence-electron chi connectivity index (χ1n) is 8.47. The third-order valence-electron chi connectivity index (χ3n) is 5.20. The Morgan fingerprint density at radius 2 is 2.20 bits per heavy atom. The van der Waals surface area contributed by atoms with Crippen molar-refractivity contribution in [3.05, 3.63) is 46.8 Å². The molecule has 1 saturated carbocycles. The number of Topliss-reactive ketones (excluding diaryl/α,β-unsaturated/α-hetero) is 1. The summed E-state index contributed by atoms with van der Waals surface area (Å²) >= 11 is 0. The van der Waals surface area contributed by atoms with E-state index < -0.39 is 24.2 Å². The molecule has 3 N–H and O–H groups in total. The fraction of sp³-hybridized carbons (Fsp3) is 0.474. The summed E-state index contributed by atoms with van der Waals surface area (Å²) in [5, 5.41) is 22.1. The molecule has 0 spiro atoms. The van der Waals surface area contributed by atoms with Gasteiger partial charge in [-0.05, 0) is 32.8 Å². The van der Waals surface area contributed by atoms with Gasteiger partial charge in [0.25, 0.3) is 0 Å². The highest BCUT2D eigenvalue weighted by molar-refractivity contribution is 6.12. The molecule has 1 heterocycles. The van der Waals surface area contributed by atoms with Crippen LogP contribution >= 0.6 is 0 Å². The van der Waals surface area contributed by atoms with Crippen molar-refractivity contribution < 1.29 is 19.4 Å². The number of hydrogen-bond donors (Lipinski definition) is 3. The van der Waals surface area contributed by atoms with Gasteiger partial charge < -0.3 is 15.5 Å². The Morgan fingerprint density at radius 1 is 1.44 bits per heavy atom. The number of alkyl halides is 1. The minimum atomic E-state index is -1.50. The van der Waals surface area contributed by atoms with E-state index in [-0.39, 0.29) is 12.4 Å². The van der Waals surface area contributed by atoms with Crippen LogP contribution in [0.3, 0.4) is 0 Å². The predicted octanol–water partition coefficient (Wildman–Crippen LogP) is 2.42. The van der Waals surface area contributed by atoms with Crippen molar-refractivity contribution >= 4 is 11.5 Å². The lowest BCUT2D eigenvalue weighted by atomic mass is 10.0. The summed E-state index contributed by atoms with van der Waals surface area (Å²) in [7, 11) is 0. The van der Waals surface area contributed by atoms with Gasteiger partial charge in [-0.15, -0.1) is 0 Å². The van der Waals surface area contributed by atoms with Gasteiger partial charge in [-0.25, -0.2) is 4.39 Å². The topological polar surface area (TPSA) is 82.5 Å². The van der Waals surface area contributed by atoms with Crippen molar-refractivity contribution in [3.63, 3.8) is 0 Å². The molecule has 0 amide bonds. The Balaban J connectivity index is 1.81. The van der Waals surface area contributed by atoms with Gasteiger partial charge in [0.05, 0.1) is 17.7 Å². The van der Waals surface area contributed by atoms with E-state index in [1.807, 2.05) is 19.9 Å². The number of aliphatic hydroxyl groups is 2. The third kappa shape index (κ3) is 3.37. The second-order valence-electron chi connectivity index (χ2n) is 6.92. The Morgan fingerprint density at radius 3 is 2.80 bits per heavy atom. The fourth-order valence-corrected chi connectivity index (χ4v) is 3.50. The van der Waals surface area contributed by atoms with Crippen molar-refractivity contribution in [1.82, 2.24) is 4.98 Å². The van der Waals surface area contributed by atoms with Crippen LogP contribution in [0.25, 0.3) is 0 Å². The molecule has 0 radical (unpaired) electrons. The van der Waals surface area contributed by atoms with Crippen molar-refractivity contribution in [2.45, 2.75) is 45.0 Å². The Kier molecular flexibility index (Phi) is 5.01. The maximum Gasteiger partial charge on any atom is 0.192 e. The molecular weight excluding hydrogens is 323 g/mol. The Hall–Kier alpha value is -2.05. The van der Waals surface area contributed by atoms with Crippen molar-refractivity contribution in [2.24, 2.45) is 5.92 Å². The highest BCUT2D eigenvalue weighted by Crippen LogP contribution is 2.33. The smallest absolute Gasteiger partial charge is 0.192 e. The molecule has 134 valence electrons. The van der Waals surface area contributed by atoms with E-state index in [0.29, 0.717) is 29.7 Å². The number of halogens is 1. The summed E-state index contributed by atoms with van der Waals surface area (Å²) in [6.45, 7) is 3.71. The van der Waals surface area contributed by atoms with Gasteiger partial charge in [0.15, 0.2) is 5.78 Å². The van der Waals surface area contributed by atoms with Gasteiger partial charge in [-0.3, -0.25) is 9.78 Å². The van der Waals surface area contributed by atoms with Gasteiger partial charge in [0, 0.05) is 36.2 Å². The van der Waals surface area contributed by atoms with Gasteiger partial charge in [0.1, 0.15) is 6.17 Å². The predicted molar refractivity (Wildman–Crippen MR) is 93.1 cm³/mol. The Bertz CT molecular complexity index is 744. The number of nitrogens with zero attached hydrogens (tertiary/aromatic N) is 1. The van der Waals surface area contributed by atoms with Crippen LogP contribution in [0.15, 0.2) is 41.3 Å². The highest BCUT2D eigenvalue weighted by Gasteiger charge is 2.42. The molecule has 1 fully saturated rings. The average molecular weight is 346 g/mol. The molecule has 0 aliphatic heterocycles. The van der Waals surface area contributed by atoms with E-state index >= 15 is 0 Å². The molecule has 1 aromatic rings. The number of allylic oxidation sites excluding steroid dienone is 4. The molecule has 3 rings (SSSR count). The van der Waals surface area contributed by atoms with E-state index in [2.05, 4.69) is 10.3 Å². The molecule has 25 heavy (non-hydrogen) atoms. The normalized spacial score (nSPS) is 29.1. The molecule has 4 atom stereocenters. The zero-order valence-corrected chi connectivity index (χ0v) is 14.4. The van der Waals surface area contributed by atoms with Crippen LogP contribution < -0.4 is 5.32 Å². The standard InChI is InChI=1S/C19H23FN2O3/c1-10-5-12(6-11(10)2)18(24)14-8-21-4-3-15(14)22-16-7-13(9-23)19(25)17(16)20/h3-5,8,13,16-17,19,23,25H,6-7,9H2,1-2H3,(H,21,22)/t13-,16-,17-,19-/m1/s1. The number of anilines is 1. The monoisotopic (exact) mass is 346 g/mol.